The molecule has 2 N–H and O–H groups in total. The lowest BCUT2D eigenvalue weighted by Gasteiger charge is -2.08. The summed E-state index contributed by atoms with van der Waals surface area (Å²) >= 11 is 1.30. The van der Waals surface area contributed by atoms with Gasteiger partial charge < -0.3 is 0 Å². The molecule has 1 heterocycles. The third-order valence-electron chi connectivity index (χ3n) is 4.45. The zero-order chi connectivity index (χ0) is 22.0. The van der Waals surface area contributed by atoms with Crippen molar-refractivity contribution >= 4 is 48.3 Å². The van der Waals surface area contributed by atoms with E-state index in [0.29, 0.717) is 21.9 Å². The third kappa shape index (κ3) is 4.55. The summed E-state index contributed by atoms with van der Waals surface area (Å²) in [4.78, 5) is 16.8. The minimum Gasteiger partial charge on any atom is -0.298 e. The van der Waals surface area contributed by atoms with Crippen LogP contribution in [0.5, 0.6) is 0 Å². The second kappa shape index (κ2) is 8.18. The highest BCUT2D eigenvalue weighted by Gasteiger charge is 2.16. The molecule has 0 saturated heterocycles. The number of hydrogen-bond donors (Lipinski definition) is 2. The van der Waals surface area contributed by atoms with Gasteiger partial charge >= 0.3 is 0 Å². The van der Waals surface area contributed by atoms with Crippen LogP contribution in [0.15, 0.2) is 71.6 Å². The second-order valence-corrected chi connectivity index (χ2v) is 9.48. The van der Waals surface area contributed by atoms with Crippen molar-refractivity contribution in [3.63, 3.8) is 0 Å². The van der Waals surface area contributed by atoms with Gasteiger partial charge in [0.15, 0.2) is 5.13 Å². The Kier molecular flexibility index (Phi) is 5.42. The van der Waals surface area contributed by atoms with Gasteiger partial charge in [-0.1, -0.05) is 35.1 Å². The van der Waals surface area contributed by atoms with Gasteiger partial charge in [-0.2, -0.15) is 5.26 Å². The Hall–Kier alpha value is -3.74. The van der Waals surface area contributed by atoms with E-state index in [-0.39, 0.29) is 16.4 Å². The smallest absolute Gasteiger partial charge is 0.261 e. The molecule has 0 aliphatic carbocycles. The van der Waals surface area contributed by atoms with E-state index in [1.807, 2.05) is 25.1 Å². The van der Waals surface area contributed by atoms with Crippen molar-refractivity contribution in [3.05, 3.63) is 83.4 Å². The number of amides is 1. The van der Waals surface area contributed by atoms with E-state index in [4.69, 9.17) is 5.26 Å². The Bertz CT molecular complexity index is 1440. The van der Waals surface area contributed by atoms with Gasteiger partial charge in [0.1, 0.15) is 0 Å². The molecule has 0 unspecified atom stereocenters. The average Bonchev–Trinajstić information content (AvgIpc) is 3.15. The lowest BCUT2D eigenvalue weighted by atomic mass is 10.1. The molecular weight excluding hydrogens is 432 g/mol. The van der Waals surface area contributed by atoms with Crippen LogP contribution in [0.2, 0.25) is 0 Å². The van der Waals surface area contributed by atoms with Crippen LogP contribution in [0.3, 0.4) is 0 Å². The molecule has 0 atom stereocenters. The standard InChI is InChI=1S/C22H16N4O3S2/c1-14-5-7-16(8-6-14)21(27)25-22-24-19-12-17(9-10-20(19)30-22)26-31(28,29)18-4-2-3-15(11-18)13-23/h2-12,26H,1H3,(H,24,25,27). The number of nitrogens with zero attached hydrogens (tertiary/aromatic N) is 2. The van der Waals surface area contributed by atoms with Crippen LogP contribution in [0.25, 0.3) is 10.2 Å². The van der Waals surface area contributed by atoms with E-state index in [9.17, 15) is 13.2 Å². The Balaban J connectivity index is 1.55. The Morgan fingerprint density at radius 2 is 1.84 bits per heavy atom. The van der Waals surface area contributed by atoms with Crippen molar-refractivity contribution in [2.24, 2.45) is 0 Å². The predicted octanol–water partition coefficient (Wildman–Crippen LogP) is 4.53. The first kappa shape index (κ1) is 20.5. The molecule has 3 aromatic carbocycles. The van der Waals surface area contributed by atoms with Gasteiger partial charge in [0.2, 0.25) is 0 Å². The Labute approximate surface area is 183 Å². The van der Waals surface area contributed by atoms with Crippen LogP contribution in [-0.4, -0.2) is 19.3 Å². The fraction of sp³-hybridized carbons (Fsp3) is 0.0455. The van der Waals surface area contributed by atoms with Gasteiger partial charge in [0, 0.05) is 5.56 Å². The summed E-state index contributed by atoms with van der Waals surface area (Å²) in [7, 11) is -3.86. The summed E-state index contributed by atoms with van der Waals surface area (Å²) < 4.78 is 28.6. The van der Waals surface area contributed by atoms with Crippen molar-refractivity contribution in [2.75, 3.05) is 10.0 Å². The number of nitriles is 1. The number of sulfonamides is 1. The van der Waals surface area contributed by atoms with Crippen molar-refractivity contribution in [1.82, 2.24) is 4.98 Å². The minimum absolute atomic E-state index is 0.00373. The normalized spacial score (nSPS) is 11.1. The summed E-state index contributed by atoms with van der Waals surface area (Å²) in [5, 5.41) is 12.2. The highest BCUT2D eigenvalue weighted by Crippen LogP contribution is 2.29. The number of fused-ring (bicyclic) bond motifs is 1. The van der Waals surface area contributed by atoms with Crippen LogP contribution < -0.4 is 10.0 Å². The molecule has 0 aliphatic rings. The Morgan fingerprint density at radius 3 is 2.58 bits per heavy atom. The maximum absolute atomic E-state index is 12.6. The van der Waals surface area contributed by atoms with E-state index >= 15 is 0 Å². The molecule has 9 heteroatoms. The maximum atomic E-state index is 12.6. The summed E-state index contributed by atoms with van der Waals surface area (Å²) in [5.41, 5.74) is 2.72. The lowest BCUT2D eigenvalue weighted by Crippen LogP contribution is -2.13. The number of nitrogens with one attached hydrogen (secondary N) is 2. The number of anilines is 2. The molecule has 1 amide bonds. The molecular formula is C22H16N4O3S2. The summed E-state index contributed by atoms with van der Waals surface area (Å²) in [6.07, 6.45) is 0. The number of carbonyl (C=O) groups is 1. The maximum Gasteiger partial charge on any atom is 0.261 e. The molecule has 154 valence electrons. The number of rotatable bonds is 5. The summed E-state index contributed by atoms with van der Waals surface area (Å²) in [6, 6.07) is 19.9. The highest BCUT2D eigenvalue weighted by atomic mass is 32.2. The first-order chi connectivity index (χ1) is 14.8. The van der Waals surface area contributed by atoms with Gasteiger partial charge in [0.05, 0.1) is 32.4 Å². The molecule has 4 rings (SSSR count). The Morgan fingerprint density at radius 1 is 1.06 bits per heavy atom. The van der Waals surface area contributed by atoms with Gasteiger partial charge in [-0.25, -0.2) is 13.4 Å². The minimum atomic E-state index is -3.86. The van der Waals surface area contributed by atoms with Crippen molar-refractivity contribution in [1.29, 1.82) is 5.26 Å². The van der Waals surface area contributed by atoms with Crippen LogP contribution in [-0.2, 0) is 10.0 Å². The van der Waals surface area contributed by atoms with E-state index < -0.39 is 10.0 Å². The van der Waals surface area contributed by atoms with Gasteiger partial charge in [-0.05, 0) is 55.5 Å². The number of thiazole rings is 1. The zero-order valence-electron chi connectivity index (χ0n) is 16.3. The summed E-state index contributed by atoms with van der Waals surface area (Å²) in [5.74, 6) is -0.266. The van der Waals surface area contributed by atoms with Crippen molar-refractivity contribution in [3.8, 4) is 6.07 Å². The topological polar surface area (TPSA) is 112 Å². The van der Waals surface area contributed by atoms with Crippen LogP contribution in [0.1, 0.15) is 21.5 Å². The van der Waals surface area contributed by atoms with Crippen LogP contribution in [0.4, 0.5) is 10.8 Å². The van der Waals surface area contributed by atoms with Crippen molar-refractivity contribution < 1.29 is 13.2 Å². The molecule has 4 aromatic rings. The van der Waals surface area contributed by atoms with E-state index in [1.54, 1.807) is 30.3 Å². The van der Waals surface area contributed by atoms with E-state index in [1.165, 1.54) is 35.6 Å². The molecule has 7 nitrogen and oxygen atoms in total. The SMILES string of the molecule is Cc1ccc(C(=O)Nc2nc3cc(NS(=O)(=O)c4cccc(C#N)c4)ccc3s2)cc1. The van der Waals surface area contributed by atoms with Crippen molar-refractivity contribution in [2.45, 2.75) is 11.8 Å². The largest absolute Gasteiger partial charge is 0.298 e. The molecule has 0 spiro atoms. The molecule has 0 radical (unpaired) electrons. The molecule has 1 aromatic heterocycles. The van der Waals surface area contributed by atoms with E-state index in [2.05, 4.69) is 15.0 Å². The molecule has 0 fully saturated rings. The van der Waals surface area contributed by atoms with Gasteiger partial charge in [-0.15, -0.1) is 0 Å². The first-order valence-electron chi connectivity index (χ1n) is 9.16. The number of aromatic nitrogens is 1. The number of aryl methyl sites for hydroxylation is 1. The number of carbonyl (C=O) groups excluding carboxylic acids is 1. The molecule has 31 heavy (non-hydrogen) atoms. The fourth-order valence-corrected chi connectivity index (χ4v) is 4.80. The van der Waals surface area contributed by atoms with Crippen LogP contribution in [0, 0.1) is 18.3 Å². The van der Waals surface area contributed by atoms with Gasteiger partial charge in [-0.3, -0.25) is 14.8 Å². The molecule has 0 bridgehead atoms. The summed E-state index contributed by atoms with van der Waals surface area (Å²) in [6.45, 7) is 1.95. The van der Waals surface area contributed by atoms with Crippen LogP contribution >= 0.6 is 11.3 Å². The second-order valence-electron chi connectivity index (χ2n) is 6.77. The van der Waals surface area contributed by atoms with Gasteiger partial charge in [0.25, 0.3) is 15.9 Å². The monoisotopic (exact) mass is 448 g/mol. The number of benzene rings is 3. The highest BCUT2D eigenvalue weighted by molar-refractivity contribution is 7.92. The van der Waals surface area contributed by atoms with E-state index in [0.717, 1.165) is 10.3 Å². The zero-order valence-corrected chi connectivity index (χ0v) is 17.9. The first-order valence-corrected chi connectivity index (χ1v) is 11.5. The quantitative estimate of drug-likeness (QED) is 0.466. The lowest BCUT2D eigenvalue weighted by molar-refractivity contribution is 0.102. The fourth-order valence-electron chi connectivity index (χ4n) is 2.87. The number of hydrogen-bond acceptors (Lipinski definition) is 6. The average molecular weight is 449 g/mol. The third-order valence-corrected chi connectivity index (χ3v) is 6.78. The molecule has 0 saturated carbocycles. The predicted molar refractivity (Wildman–Crippen MR) is 121 cm³/mol. The molecule has 0 aliphatic heterocycles.